The highest BCUT2D eigenvalue weighted by atomic mass is 16.4. The van der Waals surface area contributed by atoms with E-state index in [9.17, 15) is 9.59 Å². The van der Waals surface area contributed by atoms with Gasteiger partial charge >= 0.3 is 5.97 Å². The van der Waals surface area contributed by atoms with E-state index < -0.39 is 5.97 Å². The minimum atomic E-state index is -1.08. The van der Waals surface area contributed by atoms with E-state index >= 15 is 0 Å². The summed E-state index contributed by atoms with van der Waals surface area (Å²) in [4.78, 5) is 25.3. The van der Waals surface area contributed by atoms with Crippen molar-refractivity contribution < 1.29 is 14.7 Å². The van der Waals surface area contributed by atoms with E-state index in [0.717, 1.165) is 32.1 Å². The van der Waals surface area contributed by atoms with Crippen molar-refractivity contribution in [2.45, 2.75) is 45.1 Å². The molecule has 3 rings (SSSR count). The van der Waals surface area contributed by atoms with Gasteiger partial charge in [0.25, 0.3) is 0 Å². The van der Waals surface area contributed by atoms with Crippen LogP contribution in [-0.2, 0) is 4.79 Å². The molecular formula is C14H20N4O3. The van der Waals surface area contributed by atoms with Crippen LogP contribution in [-0.4, -0.2) is 50.0 Å². The Morgan fingerprint density at radius 3 is 2.57 bits per heavy atom. The number of nitrogens with zero attached hydrogens (tertiary/aromatic N) is 4. The van der Waals surface area contributed by atoms with Gasteiger partial charge in [0.1, 0.15) is 0 Å². The van der Waals surface area contributed by atoms with Gasteiger partial charge in [-0.15, -0.1) is 5.10 Å². The largest absolute Gasteiger partial charge is 0.476 e. The lowest BCUT2D eigenvalue weighted by Gasteiger charge is -2.43. The fourth-order valence-corrected chi connectivity index (χ4v) is 3.45. The Morgan fingerprint density at radius 1 is 1.38 bits per heavy atom. The summed E-state index contributed by atoms with van der Waals surface area (Å²) in [5, 5.41) is 16.3. The minimum Gasteiger partial charge on any atom is -0.476 e. The number of carbonyl (C=O) groups excluding carboxylic acids is 1. The number of carbonyl (C=O) groups is 2. The fourth-order valence-electron chi connectivity index (χ4n) is 3.45. The van der Waals surface area contributed by atoms with Crippen LogP contribution in [0.15, 0.2) is 6.20 Å². The van der Waals surface area contributed by atoms with Crippen LogP contribution in [0, 0.1) is 5.41 Å². The summed E-state index contributed by atoms with van der Waals surface area (Å²) in [6, 6.07) is 0.0462. The zero-order valence-corrected chi connectivity index (χ0v) is 12.2. The average molecular weight is 292 g/mol. The molecule has 1 aliphatic heterocycles. The summed E-state index contributed by atoms with van der Waals surface area (Å²) < 4.78 is 1.56. The molecule has 1 saturated carbocycles. The van der Waals surface area contributed by atoms with Crippen LogP contribution < -0.4 is 0 Å². The first-order chi connectivity index (χ1) is 10.1. The fraction of sp³-hybridized carbons (Fsp3) is 0.714. The molecule has 0 atom stereocenters. The number of rotatable bonds is 4. The summed E-state index contributed by atoms with van der Waals surface area (Å²) in [7, 11) is 0. The zero-order valence-electron chi connectivity index (χ0n) is 12.2. The van der Waals surface area contributed by atoms with Crippen LogP contribution in [0.25, 0.3) is 0 Å². The quantitative estimate of drug-likeness (QED) is 0.904. The lowest BCUT2D eigenvalue weighted by atomic mass is 9.81. The molecule has 1 aromatic rings. The van der Waals surface area contributed by atoms with Crippen molar-refractivity contribution in [3.8, 4) is 0 Å². The van der Waals surface area contributed by atoms with Gasteiger partial charge in [0, 0.05) is 18.5 Å². The molecule has 0 bridgehead atoms. The predicted molar refractivity (Wildman–Crippen MR) is 73.8 cm³/mol. The molecule has 7 heteroatoms. The maximum Gasteiger partial charge on any atom is 0.358 e. The van der Waals surface area contributed by atoms with Gasteiger partial charge in [0.2, 0.25) is 5.91 Å². The first-order valence-corrected chi connectivity index (χ1v) is 7.50. The van der Waals surface area contributed by atoms with Gasteiger partial charge in [0.05, 0.1) is 12.2 Å². The second-order valence-electron chi connectivity index (χ2n) is 6.09. The summed E-state index contributed by atoms with van der Waals surface area (Å²) in [6.07, 6.45) is 6.61. The number of likely N-dealkylation sites (tertiary alicyclic amines) is 1. The van der Waals surface area contributed by atoms with Crippen LogP contribution in [0.3, 0.4) is 0 Å². The van der Waals surface area contributed by atoms with Crippen molar-refractivity contribution in [1.29, 1.82) is 0 Å². The Balaban J connectivity index is 1.62. The molecule has 1 amide bonds. The Bertz CT molecular complexity index is 556. The van der Waals surface area contributed by atoms with Crippen molar-refractivity contribution in [3.05, 3.63) is 11.9 Å². The van der Waals surface area contributed by atoms with Crippen molar-refractivity contribution in [1.82, 2.24) is 19.9 Å². The number of hydrogen-bond acceptors (Lipinski definition) is 4. The van der Waals surface area contributed by atoms with Crippen LogP contribution in [0.1, 0.15) is 55.6 Å². The lowest BCUT2D eigenvalue weighted by molar-refractivity contribution is -0.148. The van der Waals surface area contributed by atoms with Crippen LogP contribution in [0.4, 0.5) is 0 Å². The van der Waals surface area contributed by atoms with Crippen molar-refractivity contribution in [3.63, 3.8) is 0 Å². The summed E-state index contributed by atoms with van der Waals surface area (Å²) in [5.41, 5.74) is -0.208. The maximum atomic E-state index is 12.7. The van der Waals surface area contributed by atoms with Gasteiger partial charge in [-0.2, -0.15) is 0 Å². The highest BCUT2D eigenvalue weighted by Crippen LogP contribution is 2.43. The molecule has 1 aliphatic carbocycles. The molecule has 21 heavy (non-hydrogen) atoms. The summed E-state index contributed by atoms with van der Waals surface area (Å²) in [5.74, 6) is -0.818. The second kappa shape index (κ2) is 5.13. The van der Waals surface area contributed by atoms with Crippen LogP contribution in [0.5, 0.6) is 0 Å². The number of carboxylic acid groups (broad SMARTS) is 1. The van der Waals surface area contributed by atoms with Gasteiger partial charge < -0.3 is 10.0 Å². The van der Waals surface area contributed by atoms with E-state index in [1.54, 1.807) is 4.68 Å². The van der Waals surface area contributed by atoms with Crippen molar-refractivity contribution >= 4 is 11.9 Å². The van der Waals surface area contributed by atoms with Gasteiger partial charge in [0.15, 0.2) is 5.69 Å². The first-order valence-electron chi connectivity index (χ1n) is 7.50. The first kappa shape index (κ1) is 14.0. The van der Waals surface area contributed by atoms with Crippen molar-refractivity contribution in [2.75, 3.05) is 13.1 Å². The maximum absolute atomic E-state index is 12.7. The number of hydrogen-bond donors (Lipinski definition) is 1. The molecule has 1 N–H and O–H groups in total. The predicted octanol–water partition coefficient (Wildman–Crippen LogP) is 1.33. The molecule has 2 aliphatic rings. The highest BCUT2D eigenvalue weighted by Gasteiger charge is 2.45. The Kier molecular flexibility index (Phi) is 3.43. The topological polar surface area (TPSA) is 88.3 Å². The van der Waals surface area contributed by atoms with E-state index in [1.807, 2.05) is 4.90 Å². The van der Waals surface area contributed by atoms with E-state index in [-0.39, 0.29) is 23.1 Å². The summed E-state index contributed by atoms with van der Waals surface area (Å²) >= 11 is 0. The number of amides is 1. The van der Waals surface area contributed by atoms with Gasteiger partial charge in [-0.1, -0.05) is 25.0 Å². The molecule has 7 nitrogen and oxygen atoms in total. The average Bonchev–Trinajstić information content (AvgIpc) is 3.06. The molecule has 1 aromatic heterocycles. The molecule has 0 aromatic carbocycles. The summed E-state index contributed by atoms with van der Waals surface area (Å²) in [6.45, 7) is 3.29. The van der Waals surface area contributed by atoms with Crippen LogP contribution in [0.2, 0.25) is 0 Å². The van der Waals surface area contributed by atoms with E-state index in [1.165, 1.54) is 6.20 Å². The third kappa shape index (κ3) is 2.30. The lowest BCUT2D eigenvalue weighted by Crippen LogP contribution is -2.55. The Morgan fingerprint density at radius 2 is 2.05 bits per heavy atom. The monoisotopic (exact) mass is 292 g/mol. The number of aromatic nitrogens is 3. The molecule has 2 fully saturated rings. The van der Waals surface area contributed by atoms with Gasteiger partial charge in [-0.25, -0.2) is 9.48 Å². The van der Waals surface area contributed by atoms with E-state index in [4.69, 9.17) is 5.11 Å². The van der Waals surface area contributed by atoms with Crippen LogP contribution >= 0.6 is 0 Å². The molecule has 0 unspecified atom stereocenters. The third-order valence-corrected chi connectivity index (χ3v) is 4.94. The SMILES string of the molecule is CCC1(C(=O)N2CC(n3cc(C(=O)O)nn3)C2)CCCC1. The highest BCUT2D eigenvalue weighted by molar-refractivity contribution is 5.85. The zero-order chi connectivity index (χ0) is 15.0. The Labute approximate surface area is 122 Å². The molecule has 1 saturated heterocycles. The standard InChI is InChI=1S/C14H20N4O3/c1-2-14(5-3-4-6-14)13(21)17-7-10(8-17)18-9-11(12(19)20)15-16-18/h9-10H,2-8H2,1H3,(H,19,20). The molecule has 2 heterocycles. The minimum absolute atomic E-state index is 0.0462. The van der Waals surface area contributed by atoms with Gasteiger partial charge in [-0.3, -0.25) is 4.79 Å². The normalized spacial score (nSPS) is 21.3. The molecule has 0 spiro atoms. The van der Waals surface area contributed by atoms with Gasteiger partial charge in [-0.05, 0) is 19.3 Å². The van der Waals surface area contributed by atoms with E-state index in [2.05, 4.69) is 17.2 Å². The number of aromatic carboxylic acids is 1. The second-order valence-corrected chi connectivity index (χ2v) is 6.09. The number of carboxylic acids is 1. The smallest absolute Gasteiger partial charge is 0.358 e. The third-order valence-electron chi connectivity index (χ3n) is 4.94. The molecular weight excluding hydrogens is 272 g/mol. The molecule has 0 radical (unpaired) electrons. The van der Waals surface area contributed by atoms with Crippen molar-refractivity contribution in [2.24, 2.45) is 5.41 Å². The van der Waals surface area contributed by atoms with E-state index in [0.29, 0.717) is 13.1 Å². The Hall–Kier alpha value is -1.92. The molecule has 114 valence electrons.